The van der Waals surface area contributed by atoms with Gasteiger partial charge in [0.2, 0.25) is 5.91 Å². The second-order valence-electron chi connectivity index (χ2n) is 8.45. The van der Waals surface area contributed by atoms with Crippen molar-refractivity contribution in [3.63, 3.8) is 0 Å². The zero-order valence-electron chi connectivity index (χ0n) is 19.3. The first-order valence-electron chi connectivity index (χ1n) is 11.2. The normalized spacial score (nSPS) is 13.0. The van der Waals surface area contributed by atoms with Crippen LogP contribution < -0.4 is 10.9 Å². The minimum atomic E-state index is -0.412. The molecular weight excluding hydrogens is 418 g/mol. The molecule has 8 heteroatoms. The van der Waals surface area contributed by atoms with Crippen molar-refractivity contribution in [2.45, 2.75) is 46.2 Å². The molecule has 8 nitrogen and oxygen atoms in total. The van der Waals surface area contributed by atoms with E-state index in [1.165, 1.54) is 4.57 Å². The van der Waals surface area contributed by atoms with E-state index in [9.17, 15) is 14.4 Å². The minimum absolute atomic E-state index is 0.0519. The van der Waals surface area contributed by atoms with Crippen LogP contribution in [0, 0.1) is 6.92 Å². The summed E-state index contributed by atoms with van der Waals surface area (Å²) in [6, 6.07) is 7.47. The lowest BCUT2D eigenvalue weighted by Crippen LogP contribution is -2.40. The molecule has 0 spiro atoms. The number of hydrogen-bond acceptors (Lipinski definition) is 4. The van der Waals surface area contributed by atoms with E-state index in [2.05, 4.69) is 10.3 Å². The standard InChI is InChI=1S/C25H29N5O3/c1-4-21-26-10-13-29(21)12-9-22(31)30-11-8-20-18(16-30)15-28(3)25(33)23(20)24(32)27-19-7-5-6-17(2)14-19/h5-7,10,13-15H,4,8-9,11-12,16H2,1-3H3,(H,27,32). The molecule has 0 saturated heterocycles. The first kappa shape index (κ1) is 22.5. The second kappa shape index (κ2) is 9.44. The molecule has 0 radical (unpaired) electrons. The average Bonchev–Trinajstić information content (AvgIpc) is 3.25. The molecule has 3 heterocycles. The molecule has 2 amide bonds. The van der Waals surface area contributed by atoms with Crippen LogP contribution in [0.25, 0.3) is 0 Å². The molecule has 3 aromatic rings. The Hall–Kier alpha value is -3.68. The number of imidazole rings is 1. The molecule has 172 valence electrons. The van der Waals surface area contributed by atoms with E-state index in [-0.39, 0.29) is 17.0 Å². The summed E-state index contributed by atoms with van der Waals surface area (Å²) in [4.78, 5) is 44.9. The summed E-state index contributed by atoms with van der Waals surface area (Å²) >= 11 is 0. The van der Waals surface area contributed by atoms with Crippen molar-refractivity contribution < 1.29 is 9.59 Å². The van der Waals surface area contributed by atoms with Gasteiger partial charge in [0.25, 0.3) is 11.5 Å². The fraction of sp³-hybridized carbons (Fsp3) is 0.360. The van der Waals surface area contributed by atoms with Crippen molar-refractivity contribution in [3.05, 3.63) is 81.3 Å². The first-order chi connectivity index (χ1) is 15.9. The molecule has 2 aromatic heterocycles. The molecular formula is C25H29N5O3. The number of nitrogens with zero attached hydrogens (tertiary/aromatic N) is 4. The minimum Gasteiger partial charge on any atom is -0.338 e. The van der Waals surface area contributed by atoms with Gasteiger partial charge in [0.1, 0.15) is 11.4 Å². The Bertz CT molecular complexity index is 1260. The number of carbonyl (C=O) groups is 2. The van der Waals surface area contributed by atoms with Crippen molar-refractivity contribution in [2.24, 2.45) is 7.05 Å². The monoisotopic (exact) mass is 447 g/mol. The maximum atomic E-state index is 13.1. The van der Waals surface area contributed by atoms with Gasteiger partial charge < -0.3 is 19.4 Å². The third-order valence-electron chi connectivity index (χ3n) is 6.11. The Morgan fingerprint density at radius 2 is 2.06 bits per heavy atom. The predicted molar refractivity (Wildman–Crippen MR) is 126 cm³/mol. The summed E-state index contributed by atoms with van der Waals surface area (Å²) in [6.07, 6.45) is 7.06. The van der Waals surface area contributed by atoms with Crippen LogP contribution in [-0.4, -0.2) is 37.4 Å². The number of pyridine rings is 1. The van der Waals surface area contributed by atoms with Crippen molar-refractivity contribution in [2.75, 3.05) is 11.9 Å². The van der Waals surface area contributed by atoms with Crippen molar-refractivity contribution in [3.8, 4) is 0 Å². The number of benzene rings is 1. The van der Waals surface area contributed by atoms with Crippen LogP contribution in [0.4, 0.5) is 5.69 Å². The van der Waals surface area contributed by atoms with Crippen LogP contribution in [-0.2, 0) is 37.8 Å². The Balaban J connectivity index is 1.52. The summed E-state index contributed by atoms with van der Waals surface area (Å²) < 4.78 is 3.43. The molecule has 0 fully saturated rings. The molecule has 1 aromatic carbocycles. The third-order valence-corrected chi connectivity index (χ3v) is 6.11. The summed E-state index contributed by atoms with van der Waals surface area (Å²) in [5.41, 5.74) is 3.07. The number of aryl methyl sites for hydroxylation is 4. The number of fused-ring (bicyclic) bond motifs is 1. The highest BCUT2D eigenvalue weighted by molar-refractivity contribution is 6.05. The van der Waals surface area contributed by atoms with Crippen LogP contribution in [0.2, 0.25) is 0 Å². The zero-order chi connectivity index (χ0) is 23.5. The van der Waals surface area contributed by atoms with Crippen molar-refractivity contribution in [1.29, 1.82) is 0 Å². The number of carbonyl (C=O) groups excluding carboxylic acids is 2. The number of nitrogens with one attached hydrogen (secondary N) is 1. The summed E-state index contributed by atoms with van der Waals surface area (Å²) in [7, 11) is 1.64. The molecule has 33 heavy (non-hydrogen) atoms. The van der Waals surface area contributed by atoms with Gasteiger partial charge in [-0.15, -0.1) is 0 Å². The van der Waals surface area contributed by atoms with E-state index < -0.39 is 5.91 Å². The Morgan fingerprint density at radius 3 is 2.82 bits per heavy atom. The van der Waals surface area contributed by atoms with Gasteiger partial charge in [-0.3, -0.25) is 14.4 Å². The van der Waals surface area contributed by atoms with Crippen LogP contribution in [0.1, 0.15) is 46.2 Å². The largest absolute Gasteiger partial charge is 0.338 e. The second-order valence-corrected chi connectivity index (χ2v) is 8.45. The summed E-state index contributed by atoms with van der Waals surface area (Å²) in [6.45, 7) is 5.44. The Morgan fingerprint density at radius 1 is 1.24 bits per heavy atom. The molecule has 0 unspecified atom stereocenters. The quantitative estimate of drug-likeness (QED) is 0.629. The molecule has 0 atom stereocenters. The fourth-order valence-electron chi connectivity index (χ4n) is 4.39. The van der Waals surface area contributed by atoms with Crippen LogP contribution in [0.3, 0.4) is 0 Å². The maximum Gasteiger partial charge on any atom is 0.263 e. The molecule has 1 aliphatic rings. The van der Waals surface area contributed by atoms with E-state index in [0.29, 0.717) is 38.2 Å². The molecule has 1 N–H and O–H groups in total. The highest BCUT2D eigenvalue weighted by Crippen LogP contribution is 2.22. The van der Waals surface area contributed by atoms with Gasteiger partial charge >= 0.3 is 0 Å². The third kappa shape index (κ3) is 4.74. The number of rotatable bonds is 6. The first-order valence-corrected chi connectivity index (χ1v) is 11.2. The summed E-state index contributed by atoms with van der Waals surface area (Å²) in [5.74, 6) is 0.604. The molecule has 1 aliphatic heterocycles. The van der Waals surface area contributed by atoms with E-state index in [4.69, 9.17) is 0 Å². The molecule has 0 saturated carbocycles. The van der Waals surface area contributed by atoms with Gasteiger partial charge in [-0.1, -0.05) is 19.1 Å². The number of amides is 2. The van der Waals surface area contributed by atoms with Crippen molar-refractivity contribution >= 4 is 17.5 Å². The number of anilines is 1. The molecule has 0 bridgehead atoms. The van der Waals surface area contributed by atoms with Gasteiger partial charge in [-0.05, 0) is 42.2 Å². The fourth-order valence-corrected chi connectivity index (χ4v) is 4.39. The van der Waals surface area contributed by atoms with Gasteiger partial charge in [-0.25, -0.2) is 4.98 Å². The molecule has 4 rings (SSSR count). The number of hydrogen-bond donors (Lipinski definition) is 1. The Kier molecular flexibility index (Phi) is 6.44. The smallest absolute Gasteiger partial charge is 0.263 e. The van der Waals surface area contributed by atoms with Crippen LogP contribution >= 0.6 is 0 Å². The summed E-state index contributed by atoms with van der Waals surface area (Å²) in [5, 5.41) is 2.86. The lowest BCUT2D eigenvalue weighted by Gasteiger charge is -2.30. The lowest BCUT2D eigenvalue weighted by molar-refractivity contribution is -0.132. The average molecular weight is 448 g/mol. The SMILES string of the molecule is CCc1nccn1CCC(=O)N1CCc2c(cn(C)c(=O)c2C(=O)Nc2cccc(C)c2)C1. The highest BCUT2D eigenvalue weighted by atomic mass is 16.2. The predicted octanol–water partition coefficient (Wildman–Crippen LogP) is 2.68. The van der Waals surface area contributed by atoms with E-state index in [1.54, 1.807) is 30.4 Å². The molecule has 0 aliphatic carbocycles. The number of aromatic nitrogens is 3. The van der Waals surface area contributed by atoms with E-state index in [1.807, 2.05) is 42.8 Å². The van der Waals surface area contributed by atoms with Gasteiger partial charge in [-0.2, -0.15) is 0 Å². The van der Waals surface area contributed by atoms with Gasteiger partial charge in [0.15, 0.2) is 0 Å². The van der Waals surface area contributed by atoms with E-state index in [0.717, 1.165) is 28.9 Å². The lowest BCUT2D eigenvalue weighted by atomic mass is 9.95. The highest BCUT2D eigenvalue weighted by Gasteiger charge is 2.27. The topological polar surface area (TPSA) is 89.2 Å². The van der Waals surface area contributed by atoms with Crippen LogP contribution in [0.5, 0.6) is 0 Å². The zero-order valence-corrected chi connectivity index (χ0v) is 19.3. The maximum absolute atomic E-state index is 13.1. The van der Waals surface area contributed by atoms with Crippen molar-refractivity contribution in [1.82, 2.24) is 19.0 Å². The van der Waals surface area contributed by atoms with E-state index >= 15 is 0 Å². The van der Waals surface area contributed by atoms with Gasteiger partial charge in [0.05, 0.1) is 0 Å². The van der Waals surface area contributed by atoms with Gasteiger partial charge in [0, 0.05) is 63.8 Å². The Labute approximate surface area is 192 Å². The van der Waals surface area contributed by atoms with Crippen LogP contribution in [0.15, 0.2) is 47.7 Å².